The SMILES string of the molecule is CC1CCC2=C(C1)C1c3ccc4ccc(N(c5ccc(C6C=CC=CC6)cc5)c5cccc6c5CCC=C6)cc4c3C=CC1C2(C)C. The highest BCUT2D eigenvalue weighted by molar-refractivity contribution is 5.97. The third kappa shape index (κ3) is 4.65. The molecule has 9 rings (SSSR count). The Morgan fingerprint density at radius 1 is 0.809 bits per heavy atom. The van der Waals surface area contributed by atoms with E-state index in [4.69, 9.17) is 0 Å². The van der Waals surface area contributed by atoms with Crippen molar-refractivity contribution in [1.82, 2.24) is 0 Å². The van der Waals surface area contributed by atoms with E-state index in [1.54, 1.807) is 16.7 Å². The van der Waals surface area contributed by atoms with Crippen LogP contribution in [0.3, 0.4) is 0 Å². The molecule has 0 saturated carbocycles. The van der Waals surface area contributed by atoms with Gasteiger partial charge in [0.1, 0.15) is 0 Å². The smallest absolute Gasteiger partial charge is 0.0499 e. The van der Waals surface area contributed by atoms with Gasteiger partial charge in [-0.05, 0) is 125 Å². The number of rotatable bonds is 4. The average Bonchev–Trinajstić information content (AvgIpc) is 3.34. The van der Waals surface area contributed by atoms with Crippen molar-refractivity contribution in [2.24, 2.45) is 17.3 Å². The number of anilines is 3. The highest BCUT2D eigenvalue weighted by Gasteiger charge is 2.49. The molecule has 4 unspecified atom stereocenters. The van der Waals surface area contributed by atoms with E-state index >= 15 is 0 Å². The Labute approximate surface area is 280 Å². The van der Waals surface area contributed by atoms with E-state index < -0.39 is 0 Å². The lowest BCUT2D eigenvalue weighted by Crippen LogP contribution is -2.25. The van der Waals surface area contributed by atoms with Gasteiger partial charge in [0.2, 0.25) is 0 Å². The summed E-state index contributed by atoms with van der Waals surface area (Å²) in [7, 11) is 0. The molecule has 4 aromatic carbocycles. The van der Waals surface area contributed by atoms with Gasteiger partial charge in [-0.2, -0.15) is 0 Å². The second kappa shape index (κ2) is 11.1. The molecule has 4 atom stereocenters. The third-order valence-corrected chi connectivity index (χ3v) is 12.2. The van der Waals surface area contributed by atoms with Gasteiger partial charge < -0.3 is 4.90 Å². The topological polar surface area (TPSA) is 3.24 Å². The second-order valence-electron chi connectivity index (χ2n) is 15.3. The molecule has 0 heterocycles. The number of hydrogen-bond donors (Lipinski definition) is 0. The van der Waals surface area contributed by atoms with E-state index in [0.717, 1.165) is 25.2 Å². The molecule has 0 aliphatic heterocycles. The predicted octanol–water partition coefficient (Wildman–Crippen LogP) is 12.8. The summed E-state index contributed by atoms with van der Waals surface area (Å²) in [6.07, 6.45) is 25.7. The maximum atomic E-state index is 2.58. The molecular weight excluding hydrogens is 567 g/mol. The van der Waals surface area contributed by atoms with Crippen molar-refractivity contribution in [3.63, 3.8) is 0 Å². The number of benzene rings is 4. The average molecular weight is 612 g/mol. The van der Waals surface area contributed by atoms with Crippen molar-refractivity contribution < 1.29 is 0 Å². The van der Waals surface area contributed by atoms with E-state index in [2.05, 4.69) is 147 Å². The summed E-state index contributed by atoms with van der Waals surface area (Å²) >= 11 is 0. The van der Waals surface area contributed by atoms with Gasteiger partial charge in [-0.25, -0.2) is 0 Å². The molecule has 0 N–H and O–H groups in total. The molecule has 5 aliphatic carbocycles. The van der Waals surface area contributed by atoms with Crippen molar-refractivity contribution in [3.8, 4) is 0 Å². The number of fused-ring (bicyclic) bond motifs is 7. The van der Waals surface area contributed by atoms with Crippen molar-refractivity contribution in [3.05, 3.63) is 148 Å². The molecule has 0 amide bonds. The van der Waals surface area contributed by atoms with Gasteiger partial charge in [0.15, 0.2) is 0 Å². The zero-order valence-electron chi connectivity index (χ0n) is 28.0. The van der Waals surface area contributed by atoms with Gasteiger partial charge in [-0.1, -0.05) is 123 Å². The van der Waals surface area contributed by atoms with Crippen LogP contribution in [0.1, 0.15) is 92.5 Å². The summed E-state index contributed by atoms with van der Waals surface area (Å²) in [6, 6.07) is 28.2. The van der Waals surface area contributed by atoms with Crippen LogP contribution in [0.5, 0.6) is 0 Å². The van der Waals surface area contributed by atoms with E-state index in [0.29, 0.717) is 17.8 Å². The van der Waals surface area contributed by atoms with Crippen LogP contribution in [-0.2, 0) is 6.42 Å². The minimum Gasteiger partial charge on any atom is -0.310 e. The lowest BCUT2D eigenvalue weighted by Gasteiger charge is -2.35. The van der Waals surface area contributed by atoms with Crippen LogP contribution >= 0.6 is 0 Å². The fourth-order valence-corrected chi connectivity index (χ4v) is 9.71. The summed E-state index contributed by atoms with van der Waals surface area (Å²) in [5.41, 5.74) is 14.6. The Bertz CT molecular complexity index is 2040. The zero-order valence-corrected chi connectivity index (χ0v) is 28.0. The fourth-order valence-electron chi connectivity index (χ4n) is 9.71. The Morgan fingerprint density at radius 2 is 1.66 bits per heavy atom. The van der Waals surface area contributed by atoms with Crippen LogP contribution in [-0.4, -0.2) is 0 Å². The number of nitrogens with zero attached hydrogens (tertiary/aromatic N) is 1. The van der Waals surface area contributed by atoms with Crippen molar-refractivity contribution >= 4 is 40.0 Å². The van der Waals surface area contributed by atoms with Crippen LogP contribution in [0.15, 0.2) is 120 Å². The van der Waals surface area contributed by atoms with Crippen LogP contribution in [0, 0.1) is 17.3 Å². The molecule has 47 heavy (non-hydrogen) atoms. The van der Waals surface area contributed by atoms with Gasteiger partial charge >= 0.3 is 0 Å². The summed E-state index contributed by atoms with van der Waals surface area (Å²) in [5.74, 6) is 2.29. The molecule has 0 radical (unpaired) electrons. The van der Waals surface area contributed by atoms with E-state index in [9.17, 15) is 0 Å². The van der Waals surface area contributed by atoms with Crippen molar-refractivity contribution in [1.29, 1.82) is 0 Å². The zero-order chi connectivity index (χ0) is 31.7. The summed E-state index contributed by atoms with van der Waals surface area (Å²) in [5, 5.41) is 2.69. The quantitative estimate of drug-likeness (QED) is 0.208. The lowest BCUT2D eigenvalue weighted by molar-refractivity contribution is 0.319. The number of allylic oxidation sites excluding steroid dienone is 8. The van der Waals surface area contributed by atoms with Crippen LogP contribution in [0.25, 0.3) is 22.9 Å². The first-order chi connectivity index (χ1) is 23.0. The van der Waals surface area contributed by atoms with Crippen molar-refractivity contribution in [2.45, 2.75) is 71.1 Å². The summed E-state index contributed by atoms with van der Waals surface area (Å²) in [6.45, 7) is 7.48. The molecule has 0 aromatic heterocycles. The van der Waals surface area contributed by atoms with E-state index in [-0.39, 0.29) is 5.41 Å². The Kier molecular flexibility index (Phi) is 6.82. The van der Waals surface area contributed by atoms with Gasteiger partial charge in [-0.15, -0.1) is 0 Å². The highest BCUT2D eigenvalue weighted by atomic mass is 15.1. The van der Waals surface area contributed by atoms with Crippen LogP contribution in [0.2, 0.25) is 0 Å². The summed E-state index contributed by atoms with van der Waals surface area (Å²) < 4.78 is 0. The molecule has 234 valence electrons. The monoisotopic (exact) mass is 611 g/mol. The van der Waals surface area contributed by atoms with Crippen LogP contribution in [0.4, 0.5) is 17.1 Å². The molecule has 4 aromatic rings. The van der Waals surface area contributed by atoms with E-state index in [1.807, 2.05) is 0 Å². The van der Waals surface area contributed by atoms with Gasteiger partial charge in [-0.3, -0.25) is 0 Å². The summed E-state index contributed by atoms with van der Waals surface area (Å²) in [4.78, 5) is 2.52. The standard InChI is InChI=1S/C46H45N/c1-30-16-26-42-41(28-30)45-39-24-20-34-19-23-36(29-40(34)38(39)25-27-43(45)46(42,2)3)47(44-15-9-13-33-12-7-8-14-37(33)44)35-21-17-32(18-22-35)31-10-5-4-6-11-31/h4-7,9-10,12-13,15,17-25,27,29-31,43,45H,8,11,14,16,26,28H2,1-3H3. The maximum Gasteiger partial charge on any atom is 0.0499 e. The molecule has 0 fully saturated rings. The van der Waals surface area contributed by atoms with Gasteiger partial charge in [0.25, 0.3) is 0 Å². The molecule has 1 nitrogen and oxygen atoms in total. The molecule has 5 aliphatic rings. The van der Waals surface area contributed by atoms with Gasteiger partial charge in [0, 0.05) is 28.9 Å². The lowest BCUT2D eigenvalue weighted by atomic mass is 9.69. The van der Waals surface area contributed by atoms with Gasteiger partial charge in [0.05, 0.1) is 0 Å². The molecule has 0 bridgehead atoms. The Balaban J connectivity index is 1.19. The van der Waals surface area contributed by atoms with Crippen LogP contribution < -0.4 is 4.90 Å². The second-order valence-corrected chi connectivity index (χ2v) is 15.3. The minimum absolute atomic E-state index is 0.235. The molecular formula is C46H45N. The Hall–Kier alpha value is -4.36. The van der Waals surface area contributed by atoms with Crippen molar-refractivity contribution in [2.75, 3.05) is 4.90 Å². The third-order valence-electron chi connectivity index (χ3n) is 12.2. The minimum atomic E-state index is 0.235. The number of hydrogen-bond acceptors (Lipinski definition) is 1. The van der Waals surface area contributed by atoms with E-state index in [1.165, 1.54) is 69.4 Å². The first kappa shape index (κ1) is 28.8. The molecule has 0 saturated heterocycles. The molecule has 1 heteroatoms. The Morgan fingerprint density at radius 3 is 2.51 bits per heavy atom. The normalized spacial score (nSPS) is 25.0. The first-order valence-electron chi connectivity index (χ1n) is 18.0. The first-order valence-corrected chi connectivity index (χ1v) is 18.0. The fraction of sp³-hybridized carbons (Fsp3) is 0.304. The predicted molar refractivity (Wildman–Crippen MR) is 201 cm³/mol. The maximum absolute atomic E-state index is 2.58. The highest BCUT2D eigenvalue weighted by Crippen LogP contribution is 2.62. The molecule has 0 spiro atoms. The largest absolute Gasteiger partial charge is 0.310 e.